The highest BCUT2D eigenvalue weighted by Crippen LogP contribution is 2.23. The smallest absolute Gasteiger partial charge is 0.407 e. The van der Waals surface area contributed by atoms with Gasteiger partial charge in [0.2, 0.25) is 0 Å². The van der Waals surface area contributed by atoms with Crippen LogP contribution in [0.1, 0.15) is 38.3 Å². The fourth-order valence-corrected chi connectivity index (χ4v) is 3.81. The maximum absolute atomic E-state index is 12.4. The maximum atomic E-state index is 12.4. The molecule has 0 radical (unpaired) electrons. The molecular formula is C25H34N2O3. The van der Waals surface area contributed by atoms with Crippen LogP contribution in [0.3, 0.4) is 0 Å². The van der Waals surface area contributed by atoms with E-state index in [1.807, 2.05) is 57.2 Å². The molecular weight excluding hydrogens is 376 g/mol. The number of rotatable bonds is 8. The molecule has 5 heteroatoms. The van der Waals surface area contributed by atoms with Gasteiger partial charge in [0.05, 0.1) is 19.3 Å². The van der Waals surface area contributed by atoms with Crippen LogP contribution in [-0.2, 0) is 22.6 Å². The van der Waals surface area contributed by atoms with Crippen LogP contribution >= 0.6 is 0 Å². The Bertz CT molecular complexity index is 774. The van der Waals surface area contributed by atoms with Crippen LogP contribution in [0, 0.1) is 5.92 Å². The van der Waals surface area contributed by atoms with Crippen molar-refractivity contribution in [2.75, 3.05) is 19.7 Å². The van der Waals surface area contributed by atoms with Gasteiger partial charge < -0.3 is 14.8 Å². The molecule has 5 nitrogen and oxygen atoms in total. The van der Waals surface area contributed by atoms with Crippen LogP contribution < -0.4 is 5.32 Å². The topological polar surface area (TPSA) is 50.8 Å². The predicted octanol–water partition coefficient (Wildman–Crippen LogP) is 4.62. The zero-order chi connectivity index (χ0) is 21.4. The van der Waals surface area contributed by atoms with Gasteiger partial charge in [0.15, 0.2) is 0 Å². The molecule has 0 aliphatic carbocycles. The average molecular weight is 411 g/mol. The minimum atomic E-state index is -0.519. The molecule has 2 unspecified atom stereocenters. The molecule has 0 spiro atoms. The summed E-state index contributed by atoms with van der Waals surface area (Å²) in [5, 5.41) is 3.07. The van der Waals surface area contributed by atoms with Gasteiger partial charge in [0.25, 0.3) is 0 Å². The third-order valence-electron chi connectivity index (χ3n) is 5.24. The highest BCUT2D eigenvalue weighted by atomic mass is 16.6. The second-order valence-corrected chi connectivity index (χ2v) is 9.02. The van der Waals surface area contributed by atoms with Crippen LogP contribution in [0.15, 0.2) is 60.7 Å². The molecule has 0 aromatic heterocycles. The quantitative estimate of drug-likeness (QED) is 0.690. The molecule has 2 atom stereocenters. The minimum Gasteiger partial charge on any atom is -0.444 e. The summed E-state index contributed by atoms with van der Waals surface area (Å²) in [5.41, 5.74) is 1.93. The number of likely N-dealkylation sites (tertiary alicyclic amines) is 1. The van der Waals surface area contributed by atoms with E-state index in [9.17, 15) is 4.79 Å². The molecule has 1 N–H and O–H groups in total. The van der Waals surface area contributed by atoms with E-state index >= 15 is 0 Å². The van der Waals surface area contributed by atoms with Gasteiger partial charge in [-0.25, -0.2) is 4.79 Å². The third-order valence-corrected chi connectivity index (χ3v) is 5.24. The van der Waals surface area contributed by atoms with Crippen molar-refractivity contribution in [3.8, 4) is 0 Å². The summed E-state index contributed by atoms with van der Waals surface area (Å²) in [5.74, 6) is 0.331. The zero-order valence-electron chi connectivity index (χ0n) is 18.3. The number of benzene rings is 2. The van der Waals surface area contributed by atoms with E-state index < -0.39 is 5.60 Å². The number of hydrogen-bond donors (Lipinski definition) is 1. The van der Waals surface area contributed by atoms with Crippen LogP contribution in [0.4, 0.5) is 4.79 Å². The van der Waals surface area contributed by atoms with Gasteiger partial charge in [-0.3, -0.25) is 4.90 Å². The molecule has 1 saturated heterocycles. The van der Waals surface area contributed by atoms with Crippen LogP contribution in [0.5, 0.6) is 0 Å². The van der Waals surface area contributed by atoms with E-state index in [0.29, 0.717) is 19.1 Å². The van der Waals surface area contributed by atoms with Gasteiger partial charge in [-0.15, -0.1) is 0 Å². The van der Waals surface area contributed by atoms with Gasteiger partial charge in [-0.05, 0) is 50.8 Å². The van der Waals surface area contributed by atoms with Crippen LogP contribution in [0.25, 0.3) is 0 Å². The van der Waals surface area contributed by atoms with Crippen molar-refractivity contribution >= 4 is 6.09 Å². The highest BCUT2D eigenvalue weighted by molar-refractivity contribution is 5.68. The maximum Gasteiger partial charge on any atom is 0.407 e. The molecule has 162 valence electrons. The molecule has 1 amide bonds. The number of carbonyl (C=O) groups excluding carboxylic acids is 1. The van der Waals surface area contributed by atoms with Gasteiger partial charge in [0, 0.05) is 13.1 Å². The number of alkyl carbamates (subject to hydrolysis) is 1. The zero-order valence-corrected chi connectivity index (χ0v) is 18.3. The first kappa shape index (κ1) is 22.3. The second-order valence-electron chi connectivity index (χ2n) is 9.02. The molecule has 1 fully saturated rings. The average Bonchev–Trinajstić information content (AvgIpc) is 3.16. The van der Waals surface area contributed by atoms with Crippen molar-refractivity contribution < 1.29 is 14.3 Å². The van der Waals surface area contributed by atoms with Gasteiger partial charge in [0.1, 0.15) is 5.60 Å². The van der Waals surface area contributed by atoms with Crippen LogP contribution in [-0.4, -0.2) is 42.3 Å². The number of nitrogens with zero attached hydrogens (tertiary/aromatic N) is 1. The molecule has 0 bridgehead atoms. The fourth-order valence-electron chi connectivity index (χ4n) is 3.81. The van der Waals surface area contributed by atoms with E-state index in [1.54, 1.807) is 0 Å². The molecule has 0 saturated carbocycles. The summed E-state index contributed by atoms with van der Waals surface area (Å²) in [4.78, 5) is 14.9. The summed E-state index contributed by atoms with van der Waals surface area (Å²) < 4.78 is 11.5. The van der Waals surface area contributed by atoms with E-state index in [-0.39, 0.29) is 12.1 Å². The lowest BCUT2D eigenvalue weighted by atomic mass is 9.99. The molecule has 2 aromatic rings. The number of nitrogens with one attached hydrogen (secondary N) is 1. The van der Waals surface area contributed by atoms with Crippen molar-refractivity contribution in [3.05, 3.63) is 71.8 Å². The predicted molar refractivity (Wildman–Crippen MR) is 119 cm³/mol. The lowest BCUT2D eigenvalue weighted by Gasteiger charge is -2.27. The van der Waals surface area contributed by atoms with Crippen molar-refractivity contribution in [1.29, 1.82) is 0 Å². The Labute approximate surface area is 180 Å². The number of hydrogen-bond acceptors (Lipinski definition) is 4. The summed E-state index contributed by atoms with van der Waals surface area (Å²) in [6, 6.07) is 20.5. The summed E-state index contributed by atoms with van der Waals surface area (Å²) >= 11 is 0. The first-order valence-electron chi connectivity index (χ1n) is 10.8. The Morgan fingerprint density at radius 3 is 2.33 bits per heavy atom. The van der Waals surface area contributed by atoms with Gasteiger partial charge >= 0.3 is 6.09 Å². The van der Waals surface area contributed by atoms with Gasteiger partial charge in [-0.2, -0.15) is 0 Å². The van der Waals surface area contributed by atoms with Gasteiger partial charge in [-0.1, -0.05) is 60.7 Å². The lowest BCUT2D eigenvalue weighted by Crippen LogP contribution is -2.46. The largest absolute Gasteiger partial charge is 0.444 e. The highest BCUT2D eigenvalue weighted by Gasteiger charge is 2.32. The van der Waals surface area contributed by atoms with Crippen molar-refractivity contribution in [2.45, 2.75) is 52.0 Å². The van der Waals surface area contributed by atoms with Crippen molar-refractivity contribution in [2.24, 2.45) is 5.92 Å². The Balaban J connectivity index is 1.57. The van der Waals surface area contributed by atoms with E-state index in [0.717, 1.165) is 31.6 Å². The van der Waals surface area contributed by atoms with E-state index in [4.69, 9.17) is 9.47 Å². The van der Waals surface area contributed by atoms with Crippen molar-refractivity contribution in [3.63, 3.8) is 0 Å². The fraction of sp³-hybridized carbons (Fsp3) is 0.480. The number of carbonyl (C=O) groups is 1. The summed E-state index contributed by atoms with van der Waals surface area (Å²) in [7, 11) is 0. The number of amides is 1. The molecule has 1 aliphatic rings. The minimum absolute atomic E-state index is 0.0793. The Kier molecular flexibility index (Phi) is 7.88. The molecule has 2 aromatic carbocycles. The monoisotopic (exact) mass is 410 g/mol. The first-order valence-corrected chi connectivity index (χ1v) is 10.8. The summed E-state index contributed by atoms with van der Waals surface area (Å²) in [6.07, 6.45) is 0.652. The first-order chi connectivity index (χ1) is 14.4. The standard InChI is InChI=1S/C25H34N2O3/c1-25(2,3)30-24(28)26-23(19-29-18-21-12-8-5-9-13-21)22-14-15-27(17-22)16-20-10-6-4-7-11-20/h4-13,22-23H,14-19H2,1-3H3,(H,26,28). The third kappa shape index (κ3) is 7.47. The van der Waals surface area contributed by atoms with Crippen molar-refractivity contribution in [1.82, 2.24) is 10.2 Å². The second kappa shape index (κ2) is 10.6. The normalized spacial score (nSPS) is 18.2. The molecule has 3 rings (SSSR count). The Morgan fingerprint density at radius 2 is 1.70 bits per heavy atom. The molecule has 1 aliphatic heterocycles. The number of ether oxygens (including phenoxy) is 2. The van der Waals surface area contributed by atoms with Crippen LogP contribution in [0.2, 0.25) is 0 Å². The SMILES string of the molecule is CC(C)(C)OC(=O)NC(COCc1ccccc1)C1CCN(Cc2ccccc2)C1. The lowest BCUT2D eigenvalue weighted by molar-refractivity contribution is 0.0374. The Morgan fingerprint density at radius 1 is 1.07 bits per heavy atom. The summed E-state index contributed by atoms with van der Waals surface area (Å²) in [6.45, 7) is 9.53. The van der Waals surface area contributed by atoms with E-state index in [2.05, 4.69) is 34.5 Å². The molecule has 30 heavy (non-hydrogen) atoms. The van der Waals surface area contributed by atoms with E-state index in [1.165, 1.54) is 5.56 Å². The molecule has 1 heterocycles. The Hall–Kier alpha value is -2.37.